The van der Waals surface area contributed by atoms with Gasteiger partial charge in [-0.05, 0) is 41.6 Å². The molecule has 18 heavy (non-hydrogen) atoms. The summed E-state index contributed by atoms with van der Waals surface area (Å²) >= 11 is 3.59. The summed E-state index contributed by atoms with van der Waals surface area (Å²) in [5.74, 6) is 0. The van der Waals surface area contributed by atoms with Gasteiger partial charge in [0, 0.05) is 26.2 Å². The van der Waals surface area contributed by atoms with Gasteiger partial charge in [0.25, 0.3) is 0 Å². The maximum absolute atomic E-state index is 9.00. The van der Waals surface area contributed by atoms with Crippen LogP contribution >= 0.6 is 15.9 Å². The molecule has 1 aromatic heterocycles. The molecule has 0 aromatic carbocycles. The van der Waals surface area contributed by atoms with E-state index in [-0.39, 0.29) is 12.0 Å². The van der Waals surface area contributed by atoms with E-state index in [0.29, 0.717) is 0 Å². The number of aliphatic hydroxyl groups is 1. The largest absolute Gasteiger partial charge is 0.396 e. The van der Waals surface area contributed by atoms with Gasteiger partial charge in [0.05, 0.1) is 15.9 Å². The van der Waals surface area contributed by atoms with Crippen LogP contribution in [0.5, 0.6) is 0 Å². The summed E-state index contributed by atoms with van der Waals surface area (Å²) in [4.78, 5) is 0. The maximum Gasteiger partial charge on any atom is 0.0739 e. The Bertz CT molecular complexity index is 388. The SMILES string of the molecule is CCn1nc(C)c(Br)c1CNCC(C)(C)CCO. The van der Waals surface area contributed by atoms with E-state index in [0.717, 1.165) is 36.2 Å². The summed E-state index contributed by atoms with van der Waals surface area (Å²) in [6.07, 6.45) is 0.813. The molecule has 0 bridgehead atoms. The number of halogens is 1. The fourth-order valence-corrected chi connectivity index (χ4v) is 2.37. The van der Waals surface area contributed by atoms with E-state index in [2.05, 4.69) is 47.1 Å². The molecular weight excluding hydrogens is 294 g/mol. The molecule has 5 heteroatoms. The summed E-state index contributed by atoms with van der Waals surface area (Å²) in [7, 11) is 0. The smallest absolute Gasteiger partial charge is 0.0739 e. The van der Waals surface area contributed by atoms with E-state index in [1.807, 2.05) is 11.6 Å². The third kappa shape index (κ3) is 4.07. The average molecular weight is 318 g/mol. The Hall–Kier alpha value is -0.390. The van der Waals surface area contributed by atoms with E-state index in [1.54, 1.807) is 0 Å². The molecule has 0 saturated carbocycles. The fraction of sp³-hybridized carbons (Fsp3) is 0.769. The van der Waals surface area contributed by atoms with E-state index in [1.165, 1.54) is 5.69 Å². The van der Waals surface area contributed by atoms with Gasteiger partial charge in [0.2, 0.25) is 0 Å². The quantitative estimate of drug-likeness (QED) is 0.812. The highest BCUT2D eigenvalue weighted by Crippen LogP contribution is 2.22. The second-order valence-corrected chi connectivity index (χ2v) is 6.20. The summed E-state index contributed by atoms with van der Waals surface area (Å²) in [5, 5.41) is 16.9. The number of aryl methyl sites for hydroxylation is 2. The third-order valence-electron chi connectivity index (χ3n) is 3.14. The molecule has 0 amide bonds. The molecular formula is C13H24BrN3O. The first-order valence-electron chi connectivity index (χ1n) is 6.44. The van der Waals surface area contributed by atoms with Crippen LogP contribution in [-0.2, 0) is 13.1 Å². The molecule has 0 fully saturated rings. The lowest BCUT2D eigenvalue weighted by molar-refractivity contribution is 0.206. The van der Waals surface area contributed by atoms with Gasteiger partial charge in [-0.25, -0.2) is 0 Å². The minimum Gasteiger partial charge on any atom is -0.396 e. The fourth-order valence-electron chi connectivity index (χ4n) is 1.95. The van der Waals surface area contributed by atoms with Gasteiger partial charge >= 0.3 is 0 Å². The highest BCUT2D eigenvalue weighted by Gasteiger charge is 2.18. The molecule has 0 unspecified atom stereocenters. The minimum atomic E-state index is 0.118. The zero-order valence-corrected chi connectivity index (χ0v) is 13.3. The molecule has 4 nitrogen and oxygen atoms in total. The van der Waals surface area contributed by atoms with Crippen molar-refractivity contribution in [3.63, 3.8) is 0 Å². The van der Waals surface area contributed by atoms with Gasteiger partial charge in [-0.3, -0.25) is 4.68 Å². The zero-order chi connectivity index (χ0) is 13.8. The van der Waals surface area contributed by atoms with Crippen LogP contribution in [0.1, 0.15) is 38.6 Å². The van der Waals surface area contributed by atoms with Gasteiger partial charge in [-0.15, -0.1) is 0 Å². The van der Waals surface area contributed by atoms with E-state index in [9.17, 15) is 0 Å². The Morgan fingerprint density at radius 3 is 2.67 bits per heavy atom. The molecule has 0 radical (unpaired) electrons. The summed E-state index contributed by atoms with van der Waals surface area (Å²) < 4.78 is 3.11. The van der Waals surface area contributed by atoms with Crippen molar-refractivity contribution in [1.29, 1.82) is 0 Å². The van der Waals surface area contributed by atoms with Crippen LogP contribution in [0.4, 0.5) is 0 Å². The highest BCUT2D eigenvalue weighted by atomic mass is 79.9. The first-order valence-corrected chi connectivity index (χ1v) is 7.24. The van der Waals surface area contributed by atoms with Crippen LogP contribution < -0.4 is 5.32 Å². The predicted molar refractivity (Wildman–Crippen MR) is 77.5 cm³/mol. The van der Waals surface area contributed by atoms with Crippen LogP contribution in [0.15, 0.2) is 4.47 Å². The third-order valence-corrected chi connectivity index (χ3v) is 4.17. The number of nitrogens with one attached hydrogen (secondary N) is 1. The Morgan fingerprint density at radius 1 is 1.44 bits per heavy atom. The molecule has 0 atom stereocenters. The maximum atomic E-state index is 9.00. The van der Waals surface area contributed by atoms with Gasteiger partial charge in [0.15, 0.2) is 0 Å². The van der Waals surface area contributed by atoms with Crippen molar-refractivity contribution in [3.05, 3.63) is 15.9 Å². The van der Waals surface area contributed by atoms with Gasteiger partial charge in [-0.2, -0.15) is 5.10 Å². The van der Waals surface area contributed by atoms with Crippen LogP contribution in [0.25, 0.3) is 0 Å². The molecule has 1 aromatic rings. The lowest BCUT2D eigenvalue weighted by Crippen LogP contribution is -2.30. The summed E-state index contributed by atoms with van der Waals surface area (Å²) in [5.41, 5.74) is 2.34. The second-order valence-electron chi connectivity index (χ2n) is 5.40. The van der Waals surface area contributed by atoms with Crippen molar-refractivity contribution in [2.45, 2.75) is 47.2 Å². The second kappa shape index (κ2) is 6.68. The normalized spacial score (nSPS) is 12.1. The van der Waals surface area contributed by atoms with Crippen molar-refractivity contribution in [2.75, 3.05) is 13.2 Å². The first kappa shape index (κ1) is 15.7. The van der Waals surface area contributed by atoms with E-state index >= 15 is 0 Å². The molecule has 0 spiro atoms. The van der Waals surface area contributed by atoms with Gasteiger partial charge < -0.3 is 10.4 Å². The molecule has 2 N–H and O–H groups in total. The van der Waals surface area contributed by atoms with E-state index < -0.39 is 0 Å². The molecule has 0 aliphatic carbocycles. The van der Waals surface area contributed by atoms with Gasteiger partial charge in [0.1, 0.15) is 0 Å². The zero-order valence-electron chi connectivity index (χ0n) is 11.8. The molecule has 0 saturated heterocycles. The van der Waals surface area contributed by atoms with Crippen molar-refractivity contribution in [1.82, 2.24) is 15.1 Å². The lowest BCUT2D eigenvalue weighted by Gasteiger charge is -2.24. The molecule has 1 heterocycles. The number of aliphatic hydroxyl groups excluding tert-OH is 1. The van der Waals surface area contributed by atoms with Crippen molar-refractivity contribution in [3.8, 4) is 0 Å². The predicted octanol–water partition coefficient (Wildman–Crippen LogP) is 2.47. The monoisotopic (exact) mass is 317 g/mol. The first-order chi connectivity index (χ1) is 8.41. The van der Waals surface area contributed by atoms with Crippen LogP contribution in [0.3, 0.4) is 0 Å². The Morgan fingerprint density at radius 2 is 2.11 bits per heavy atom. The van der Waals surface area contributed by atoms with Crippen molar-refractivity contribution >= 4 is 15.9 Å². The number of rotatable bonds is 7. The molecule has 1 rings (SSSR count). The number of nitrogens with zero attached hydrogens (tertiary/aromatic N) is 2. The highest BCUT2D eigenvalue weighted by molar-refractivity contribution is 9.10. The summed E-state index contributed by atoms with van der Waals surface area (Å²) in [6, 6.07) is 0. The topological polar surface area (TPSA) is 50.1 Å². The Balaban J connectivity index is 2.59. The van der Waals surface area contributed by atoms with E-state index in [4.69, 9.17) is 5.11 Å². The molecule has 104 valence electrons. The molecule has 0 aliphatic heterocycles. The number of hydrogen-bond donors (Lipinski definition) is 2. The standard InChI is InChI=1S/C13H24BrN3O/c1-5-17-11(12(14)10(2)16-17)8-15-9-13(3,4)6-7-18/h15,18H,5-9H2,1-4H3. The number of hydrogen-bond acceptors (Lipinski definition) is 3. The Kier molecular flexibility index (Phi) is 5.82. The number of aromatic nitrogens is 2. The van der Waals surface area contributed by atoms with Gasteiger partial charge in [-0.1, -0.05) is 13.8 Å². The Labute approximate surface area is 118 Å². The minimum absolute atomic E-state index is 0.118. The molecule has 0 aliphatic rings. The summed E-state index contributed by atoms with van der Waals surface area (Å²) in [6.45, 7) is 11.2. The van der Waals surface area contributed by atoms with Crippen LogP contribution in [-0.4, -0.2) is 28.0 Å². The van der Waals surface area contributed by atoms with Crippen molar-refractivity contribution in [2.24, 2.45) is 5.41 Å². The van der Waals surface area contributed by atoms with Crippen LogP contribution in [0, 0.1) is 12.3 Å². The average Bonchev–Trinajstić information content (AvgIpc) is 2.56. The van der Waals surface area contributed by atoms with Crippen molar-refractivity contribution < 1.29 is 5.11 Å². The van der Waals surface area contributed by atoms with Crippen LogP contribution in [0.2, 0.25) is 0 Å². The lowest BCUT2D eigenvalue weighted by atomic mass is 9.90.